The highest BCUT2D eigenvalue weighted by Gasteiger charge is 2.30. The molecule has 1 amide bonds. The first-order valence-corrected chi connectivity index (χ1v) is 7.20. The van der Waals surface area contributed by atoms with Gasteiger partial charge in [-0.25, -0.2) is 0 Å². The SMILES string of the molecule is CCCN(CCC)C(=O)CN1CCC(C(=O)OC)C1. The summed E-state index contributed by atoms with van der Waals surface area (Å²) in [5.41, 5.74) is 0. The molecule has 0 aromatic carbocycles. The predicted molar refractivity (Wildman–Crippen MR) is 73.7 cm³/mol. The number of likely N-dealkylation sites (tertiary alicyclic amines) is 1. The molecule has 0 aliphatic carbocycles. The molecule has 1 aliphatic rings. The lowest BCUT2D eigenvalue weighted by atomic mass is 10.1. The number of ether oxygens (including phenoxy) is 1. The van der Waals surface area contributed by atoms with Gasteiger partial charge in [0.1, 0.15) is 0 Å². The Balaban J connectivity index is 2.42. The number of carbonyl (C=O) groups is 2. The smallest absolute Gasteiger partial charge is 0.310 e. The fourth-order valence-corrected chi connectivity index (χ4v) is 2.53. The molecule has 1 atom stereocenters. The Kier molecular flexibility index (Phi) is 6.84. The maximum atomic E-state index is 12.2. The largest absolute Gasteiger partial charge is 0.469 e. The first-order chi connectivity index (χ1) is 9.12. The first kappa shape index (κ1) is 16.0. The van der Waals surface area contributed by atoms with Crippen molar-refractivity contribution in [3.05, 3.63) is 0 Å². The first-order valence-electron chi connectivity index (χ1n) is 7.20. The van der Waals surface area contributed by atoms with Crippen molar-refractivity contribution in [2.24, 2.45) is 5.92 Å². The maximum Gasteiger partial charge on any atom is 0.310 e. The number of carbonyl (C=O) groups excluding carboxylic acids is 2. The Bertz CT molecular complexity index is 301. The van der Waals surface area contributed by atoms with Crippen LogP contribution in [0.2, 0.25) is 0 Å². The van der Waals surface area contributed by atoms with Crippen LogP contribution in [0.5, 0.6) is 0 Å². The topological polar surface area (TPSA) is 49.9 Å². The average molecular weight is 270 g/mol. The van der Waals surface area contributed by atoms with Crippen LogP contribution in [0.15, 0.2) is 0 Å². The fraction of sp³-hybridized carbons (Fsp3) is 0.857. The van der Waals surface area contributed by atoms with Gasteiger partial charge in [-0.1, -0.05) is 13.8 Å². The molecule has 1 unspecified atom stereocenters. The summed E-state index contributed by atoms with van der Waals surface area (Å²) in [7, 11) is 1.42. The molecule has 1 rings (SSSR count). The van der Waals surface area contributed by atoms with E-state index in [1.54, 1.807) is 0 Å². The normalized spacial score (nSPS) is 19.4. The maximum absolute atomic E-state index is 12.2. The molecule has 0 saturated carbocycles. The molecule has 1 heterocycles. The van der Waals surface area contributed by atoms with Crippen LogP contribution in [0.4, 0.5) is 0 Å². The predicted octanol–water partition coefficient (Wildman–Crippen LogP) is 1.13. The van der Waals surface area contributed by atoms with Gasteiger partial charge >= 0.3 is 5.97 Å². The summed E-state index contributed by atoms with van der Waals surface area (Å²) in [4.78, 5) is 27.6. The van der Waals surface area contributed by atoms with Crippen LogP contribution in [0.3, 0.4) is 0 Å². The van der Waals surface area contributed by atoms with Gasteiger partial charge < -0.3 is 9.64 Å². The highest BCUT2D eigenvalue weighted by molar-refractivity contribution is 5.78. The molecule has 1 aliphatic heterocycles. The van der Waals surface area contributed by atoms with Gasteiger partial charge in [-0.3, -0.25) is 14.5 Å². The Morgan fingerprint density at radius 1 is 1.26 bits per heavy atom. The third kappa shape index (κ3) is 4.82. The van der Waals surface area contributed by atoms with E-state index in [1.807, 2.05) is 4.90 Å². The monoisotopic (exact) mass is 270 g/mol. The zero-order chi connectivity index (χ0) is 14.3. The zero-order valence-corrected chi connectivity index (χ0v) is 12.4. The lowest BCUT2D eigenvalue weighted by molar-refractivity contribution is -0.145. The highest BCUT2D eigenvalue weighted by Crippen LogP contribution is 2.17. The van der Waals surface area contributed by atoms with Crippen LogP contribution in [0, 0.1) is 5.92 Å². The Labute approximate surface area is 115 Å². The molecule has 1 saturated heterocycles. The summed E-state index contributed by atoms with van der Waals surface area (Å²) in [5.74, 6) is -0.0493. The molecule has 0 aromatic rings. The third-order valence-electron chi connectivity index (χ3n) is 3.51. The summed E-state index contributed by atoms with van der Waals surface area (Å²) < 4.78 is 4.75. The van der Waals surface area contributed by atoms with Gasteiger partial charge in [0.05, 0.1) is 19.6 Å². The number of methoxy groups -OCH3 is 1. The van der Waals surface area contributed by atoms with Crippen LogP contribution in [-0.4, -0.2) is 61.5 Å². The molecule has 5 heteroatoms. The van der Waals surface area contributed by atoms with Gasteiger partial charge in [0, 0.05) is 19.6 Å². The number of esters is 1. The number of nitrogens with zero attached hydrogens (tertiary/aromatic N) is 2. The van der Waals surface area contributed by atoms with E-state index in [1.165, 1.54) is 7.11 Å². The van der Waals surface area contributed by atoms with Crippen molar-refractivity contribution in [3.63, 3.8) is 0 Å². The molecule has 19 heavy (non-hydrogen) atoms. The van der Waals surface area contributed by atoms with Gasteiger partial charge in [-0.2, -0.15) is 0 Å². The minimum atomic E-state index is -0.158. The van der Waals surface area contributed by atoms with Crippen LogP contribution in [0.25, 0.3) is 0 Å². The van der Waals surface area contributed by atoms with Gasteiger partial charge in [0.2, 0.25) is 5.91 Å². The van der Waals surface area contributed by atoms with Crippen LogP contribution < -0.4 is 0 Å². The summed E-state index contributed by atoms with van der Waals surface area (Å²) in [5, 5.41) is 0. The van der Waals surface area contributed by atoms with E-state index in [4.69, 9.17) is 4.74 Å². The van der Waals surface area contributed by atoms with Crippen molar-refractivity contribution >= 4 is 11.9 Å². The Hall–Kier alpha value is -1.10. The zero-order valence-electron chi connectivity index (χ0n) is 12.4. The molecule has 0 aromatic heterocycles. The standard InChI is InChI=1S/C14H26N2O3/c1-4-7-16(8-5-2)13(17)11-15-9-6-12(10-15)14(18)19-3/h12H,4-11H2,1-3H3. The third-order valence-corrected chi connectivity index (χ3v) is 3.51. The molecule has 0 bridgehead atoms. The Morgan fingerprint density at radius 2 is 1.89 bits per heavy atom. The molecule has 110 valence electrons. The van der Waals surface area contributed by atoms with Gasteiger partial charge in [-0.15, -0.1) is 0 Å². The van der Waals surface area contributed by atoms with E-state index in [0.717, 1.165) is 38.9 Å². The lowest BCUT2D eigenvalue weighted by Gasteiger charge is -2.24. The molecule has 5 nitrogen and oxygen atoms in total. The summed E-state index contributed by atoms with van der Waals surface area (Å²) >= 11 is 0. The Morgan fingerprint density at radius 3 is 2.42 bits per heavy atom. The van der Waals surface area contributed by atoms with E-state index < -0.39 is 0 Å². The van der Waals surface area contributed by atoms with E-state index >= 15 is 0 Å². The number of amides is 1. The molecular weight excluding hydrogens is 244 g/mol. The average Bonchev–Trinajstić information content (AvgIpc) is 2.86. The molecule has 0 spiro atoms. The number of hydrogen-bond acceptors (Lipinski definition) is 4. The molecule has 0 N–H and O–H groups in total. The molecule has 0 radical (unpaired) electrons. The summed E-state index contributed by atoms with van der Waals surface area (Å²) in [6.45, 7) is 7.68. The second-order valence-corrected chi connectivity index (χ2v) is 5.12. The highest BCUT2D eigenvalue weighted by atomic mass is 16.5. The second kappa shape index (κ2) is 8.15. The summed E-state index contributed by atoms with van der Waals surface area (Å²) in [6, 6.07) is 0. The van der Waals surface area contributed by atoms with Crippen LogP contribution >= 0.6 is 0 Å². The van der Waals surface area contributed by atoms with E-state index in [-0.39, 0.29) is 17.8 Å². The molecule has 1 fully saturated rings. The number of rotatable bonds is 7. The summed E-state index contributed by atoms with van der Waals surface area (Å²) in [6.07, 6.45) is 2.76. The minimum Gasteiger partial charge on any atom is -0.469 e. The second-order valence-electron chi connectivity index (χ2n) is 5.12. The van der Waals surface area contributed by atoms with Gasteiger partial charge in [-0.05, 0) is 25.8 Å². The van der Waals surface area contributed by atoms with Crippen molar-refractivity contribution in [3.8, 4) is 0 Å². The quantitative estimate of drug-likeness (QED) is 0.651. The van der Waals surface area contributed by atoms with Crippen molar-refractivity contribution in [2.75, 3.05) is 39.8 Å². The van der Waals surface area contributed by atoms with Crippen molar-refractivity contribution in [1.29, 1.82) is 0 Å². The minimum absolute atomic E-state index is 0.0661. The van der Waals surface area contributed by atoms with Gasteiger partial charge in [0.25, 0.3) is 0 Å². The van der Waals surface area contributed by atoms with Crippen molar-refractivity contribution < 1.29 is 14.3 Å². The lowest BCUT2D eigenvalue weighted by Crippen LogP contribution is -2.40. The van der Waals surface area contributed by atoms with Crippen molar-refractivity contribution in [1.82, 2.24) is 9.80 Å². The van der Waals surface area contributed by atoms with E-state index in [9.17, 15) is 9.59 Å². The van der Waals surface area contributed by atoms with Crippen molar-refractivity contribution in [2.45, 2.75) is 33.1 Å². The van der Waals surface area contributed by atoms with Crippen LogP contribution in [-0.2, 0) is 14.3 Å². The van der Waals surface area contributed by atoms with E-state index in [2.05, 4.69) is 18.7 Å². The van der Waals surface area contributed by atoms with E-state index in [0.29, 0.717) is 13.1 Å². The fourth-order valence-electron chi connectivity index (χ4n) is 2.53. The van der Waals surface area contributed by atoms with Gasteiger partial charge in [0.15, 0.2) is 0 Å². The number of hydrogen-bond donors (Lipinski definition) is 0. The molecular formula is C14H26N2O3. The van der Waals surface area contributed by atoms with Crippen LogP contribution in [0.1, 0.15) is 33.1 Å².